The van der Waals surface area contributed by atoms with Crippen LogP contribution in [-0.4, -0.2) is 60.0 Å². The summed E-state index contributed by atoms with van der Waals surface area (Å²) in [6, 6.07) is 7.68. The number of unbranched alkanes of at least 4 members (excludes halogenated alkanes) is 1. The van der Waals surface area contributed by atoms with Crippen molar-refractivity contribution in [2.75, 3.05) is 33.3 Å². The lowest BCUT2D eigenvalue weighted by molar-refractivity contribution is -0.131. The number of aromatic nitrogens is 2. The Hall–Kier alpha value is -3.00. The van der Waals surface area contributed by atoms with Crippen molar-refractivity contribution in [3.8, 4) is 5.75 Å². The van der Waals surface area contributed by atoms with Gasteiger partial charge in [0.25, 0.3) is 5.91 Å². The summed E-state index contributed by atoms with van der Waals surface area (Å²) in [5.41, 5.74) is 2.49. The van der Waals surface area contributed by atoms with Gasteiger partial charge in [-0.15, -0.1) is 0 Å². The van der Waals surface area contributed by atoms with Gasteiger partial charge in [0, 0.05) is 38.2 Å². The molecule has 1 saturated heterocycles. The minimum atomic E-state index is -0.0964. The maximum atomic E-state index is 12.7. The Morgan fingerprint density at radius 3 is 2.71 bits per heavy atom. The predicted molar refractivity (Wildman–Crippen MR) is 134 cm³/mol. The summed E-state index contributed by atoms with van der Waals surface area (Å²) in [7, 11) is 1.63. The Labute approximate surface area is 203 Å². The second kappa shape index (κ2) is 15.0. The zero-order valence-corrected chi connectivity index (χ0v) is 21.0. The van der Waals surface area contributed by atoms with E-state index in [0.717, 1.165) is 30.6 Å². The molecule has 0 saturated carbocycles. The Morgan fingerprint density at radius 2 is 2.00 bits per heavy atom. The third kappa shape index (κ3) is 8.41. The van der Waals surface area contributed by atoms with Crippen molar-refractivity contribution in [2.24, 2.45) is 0 Å². The van der Waals surface area contributed by atoms with E-state index in [0.29, 0.717) is 31.0 Å². The molecule has 8 nitrogen and oxygen atoms in total. The number of likely N-dealkylation sites (tertiary alicyclic amines) is 1. The van der Waals surface area contributed by atoms with E-state index >= 15 is 0 Å². The van der Waals surface area contributed by atoms with Gasteiger partial charge in [0.15, 0.2) is 5.75 Å². The fraction of sp³-hybridized carbons (Fsp3) is 0.538. The van der Waals surface area contributed by atoms with E-state index in [1.165, 1.54) is 19.2 Å². The van der Waals surface area contributed by atoms with Gasteiger partial charge in [0.2, 0.25) is 5.91 Å². The Bertz CT molecular complexity index is 904. The van der Waals surface area contributed by atoms with Crippen LogP contribution >= 0.6 is 0 Å². The van der Waals surface area contributed by atoms with Crippen LogP contribution in [0, 0.1) is 0 Å². The Kier molecular flexibility index (Phi) is 12.0. The van der Waals surface area contributed by atoms with E-state index in [1.54, 1.807) is 13.2 Å². The van der Waals surface area contributed by atoms with Crippen molar-refractivity contribution < 1.29 is 14.3 Å². The van der Waals surface area contributed by atoms with E-state index in [2.05, 4.69) is 34.4 Å². The molecule has 1 aromatic heterocycles. The topological polar surface area (TPSA) is 96.5 Å². The molecule has 8 heteroatoms. The number of hydrogen-bond donors (Lipinski definition) is 2. The number of ether oxygens (including phenoxy) is 1. The summed E-state index contributed by atoms with van der Waals surface area (Å²) in [5, 5.41) is 5.83. The van der Waals surface area contributed by atoms with Crippen molar-refractivity contribution in [3.63, 3.8) is 0 Å². The van der Waals surface area contributed by atoms with E-state index in [-0.39, 0.29) is 24.3 Å². The molecule has 2 amide bonds. The summed E-state index contributed by atoms with van der Waals surface area (Å²) < 4.78 is 5.52. The molecule has 1 fully saturated rings. The molecule has 34 heavy (non-hydrogen) atoms. The van der Waals surface area contributed by atoms with Gasteiger partial charge in [-0.05, 0) is 37.5 Å². The molecule has 2 aromatic rings. The van der Waals surface area contributed by atoms with E-state index < -0.39 is 0 Å². The van der Waals surface area contributed by atoms with Crippen LogP contribution in [0.4, 0.5) is 0 Å². The molecule has 1 aromatic carbocycles. The second-order valence-corrected chi connectivity index (χ2v) is 8.25. The Balaban J connectivity index is 0.000000945. The molecule has 1 atom stereocenters. The van der Waals surface area contributed by atoms with Gasteiger partial charge >= 0.3 is 0 Å². The van der Waals surface area contributed by atoms with Gasteiger partial charge < -0.3 is 20.3 Å². The van der Waals surface area contributed by atoms with Gasteiger partial charge in [-0.3, -0.25) is 9.59 Å². The lowest BCUT2D eigenvalue weighted by Crippen LogP contribution is -2.43. The monoisotopic (exact) mass is 469 g/mol. The fourth-order valence-corrected chi connectivity index (χ4v) is 3.70. The number of hydrogen-bond acceptors (Lipinski definition) is 6. The number of amides is 2. The SMILES string of the molecule is CCCC.CCOc1cncnc1CNCC(=O)N1CCCC(c2cccc(C(=O)NC)c2)C1. The molecular weight excluding hydrogens is 430 g/mol. The summed E-state index contributed by atoms with van der Waals surface area (Å²) in [5.74, 6) is 0.836. The van der Waals surface area contributed by atoms with Crippen LogP contribution in [0.5, 0.6) is 5.75 Å². The first-order chi connectivity index (χ1) is 16.5. The zero-order valence-electron chi connectivity index (χ0n) is 21.0. The molecular formula is C26H39N5O3. The van der Waals surface area contributed by atoms with Gasteiger partial charge in [-0.25, -0.2) is 9.97 Å². The fourth-order valence-electron chi connectivity index (χ4n) is 3.70. The van der Waals surface area contributed by atoms with Gasteiger partial charge in [-0.2, -0.15) is 0 Å². The number of piperidine rings is 1. The van der Waals surface area contributed by atoms with Crippen LogP contribution in [0.2, 0.25) is 0 Å². The third-order valence-corrected chi connectivity index (χ3v) is 5.75. The standard InChI is InChI=1S/C22H29N5O3.C4H10/c1-3-30-20-12-25-15-26-19(20)11-24-13-21(28)27-9-5-8-18(14-27)16-6-4-7-17(10-16)22(29)23-2;1-3-4-2/h4,6-7,10,12,15,18,24H,3,5,8-9,11,13-14H2,1-2H3,(H,23,29);3-4H2,1-2H3. The maximum absolute atomic E-state index is 12.7. The molecule has 0 bridgehead atoms. The minimum Gasteiger partial charge on any atom is -0.490 e. The predicted octanol–water partition coefficient (Wildman–Crippen LogP) is 3.54. The lowest BCUT2D eigenvalue weighted by atomic mass is 9.89. The third-order valence-electron chi connectivity index (χ3n) is 5.75. The second-order valence-electron chi connectivity index (χ2n) is 8.25. The van der Waals surface area contributed by atoms with E-state index in [4.69, 9.17) is 4.74 Å². The molecule has 1 aliphatic heterocycles. The van der Waals surface area contributed by atoms with Crippen molar-refractivity contribution in [1.29, 1.82) is 0 Å². The number of nitrogens with one attached hydrogen (secondary N) is 2. The maximum Gasteiger partial charge on any atom is 0.251 e. The molecule has 1 unspecified atom stereocenters. The van der Waals surface area contributed by atoms with Crippen LogP contribution in [0.25, 0.3) is 0 Å². The summed E-state index contributed by atoms with van der Waals surface area (Å²) in [6.07, 6.45) is 7.70. The summed E-state index contributed by atoms with van der Waals surface area (Å²) in [4.78, 5) is 34.8. The molecule has 2 N–H and O–H groups in total. The first-order valence-corrected chi connectivity index (χ1v) is 12.3. The van der Waals surface area contributed by atoms with E-state index in [1.807, 2.05) is 36.1 Å². The number of carbonyl (C=O) groups is 2. The van der Waals surface area contributed by atoms with Gasteiger partial charge in [0.05, 0.1) is 25.0 Å². The van der Waals surface area contributed by atoms with Crippen molar-refractivity contribution in [1.82, 2.24) is 25.5 Å². The molecule has 0 radical (unpaired) electrons. The highest BCUT2D eigenvalue weighted by Gasteiger charge is 2.25. The Morgan fingerprint density at radius 1 is 1.21 bits per heavy atom. The van der Waals surface area contributed by atoms with Crippen molar-refractivity contribution in [3.05, 3.63) is 53.6 Å². The summed E-state index contributed by atoms with van der Waals surface area (Å²) in [6.45, 7) is 8.90. The highest BCUT2D eigenvalue weighted by atomic mass is 16.5. The molecule has 186 valence electrons. The van der Waals surface area contributed by atoms with Gasteiger partial charge in [-0.1, -0.05) is 38.8 Å². The zero-order chi connectivity index (χ0) is 24.8. The first-order valence-electron chi connectivity index (χ1n) is 12.3. The largest absolute Gasteiger partial charge is 0.490 e. The molecule has 2 heterocycles. The van der Waals surface area contributed by atoms with Crippen molar-refractivity contribution in [2.45, 2.75) is 58.9 Å². The average Bonchev–Trinajstić information content (AvgIpc) is 2.89. The summed E-state index contributed by atoms with van der Waals surface area (Å²) >= 11 is 0. The van der Waals surface area contributed by atoms with E-state index in [9.17, 15) is 9.59 Å². The van der Waals surface area contributed by atoms with Crippen LogP contribution in [-0.2, 0) is 11.3 Å². The van der Waals surface area contributed by atoms with Crippen LogP contribution in [0.15, 0.2) is 36.8 Å². The number of rotatable bonds is 9. The minimum absolute atomic E-state index is 0.0640. The highest BCUT2D eigenvalue weighted by molar-refractivity contribution is 5.94. The molecule has 1 aliphatic rings. The first kappa shape index (κ1) is 27.2. The van der Waals surface area contributed by atoms with Crippen molar-refractivity contribution >= 4 is 11.8 Å². The molecule has 0 spiro atoms. The smallest absolute Gasteiger partial charge is 0.251 e. The number of nitrogens with zero attached hydrogens (tertiary/aromatic N) is 3. The normalized spacial score (nSPS) is 15.2. The number of benzene rings is 1. The van der Waals surface area contributed by atoms with Crippen LogP contribution < -0.4 is 15.4 Å². The lowest BCUT2D eigenvalue weighted by Gasteiger charge is -2.33. The molecule has 0 aliphatic carbocycles. The average molecular weight is 470 g/mol. The molecule has 3 rings (SSSR count). The van der Waals surface area contributed by atoms with Crippen LogP contribution in [0.3, 0.4) is 0 Å². The quantitative estimate of drug-likeness (QED) is 0.583. The van der Waals surface area contributed by atoms with Crippen LogP contribution in [0.1, 0.15) is 74.0 Å². The number of carbonyl (C=O) groups excluding carboxylic acids is 2. The van der Waals surface area contributed by atoms with Gasteiger partial charge in [0.1, 0.15) is 6.33 Å². The highest BCUT2D eigenvalue weighted by Crippen LogP contribution is 2.27.